The van der Waals surface area contributed by atoms with Crippen molar-refractivity contribution in [3.63, 3.8) is 0 Å². The molecule has 0 aromatic carbocycles. The summed E-state index contributed by atoms with van der Waals surface area (Å²) in [7, 11) is 0. The minimum Gasteiger partial charge on any atom is -0.479 e. The van der Waals surface area contributed by atoms with Gasteiger partial charge in [-0.25, -0.2) is 9.78 Å². The van der Waals surface area contributed by atoms with Crippen molar-refractivity contribution in [2.45, 2.75) is 63.1 Å². The molecular formula is C20H29N3O5. The third-order valence-corrected chi connectivity index (χ3v) is 5.75. The van der Waals surface area contributed by atoms with E-state index >= 15 is 0 Å². The van der Waals surface area contributed by atoms with Gasteiger partial charge in [-0.15, -0.1) is 0 Å². The molecule has 0 spiro atoms. The smallest absolute Gasteiger partial charge is 0.335 e. The van der Waals surface area contributed by atoms with Crippen molar-refractivity contribution in [2.24, 2.45) is 0 Å². The van der Waals surface area contributed by atoms with E-state index in [1.54, 1.807) is 4.90 Å². The summed E-state index contributed by atoms with van der Waals surface area (Å²) in [5.41, 5.74) is 0.643. The third-order valence-electron chi connectivity index (χ3n) is 5.75. The number of carboxylic acids is 1. The fraction of sp³-hybridized carbons (Fsp3) is 0.650. The monoisotopic (exact) mass is 391 g/mol. The first kappa shape index (κ1) is 20.5. The lowest BCUT2D eigenvalue weighted by molar-refractivity contribution is -0.170. The standard InChI is InChI=1S/C20H29N3O5/c24-16(23-12-9-20(28,10-13-23)17(25)19(26)27)6-2-1-5-15-8-7-14-4-3-11-21-18(14)22-15/h7-8,17,25,28H,1-6,9-13H2,(H,21,22)(H,26,27). The summed E-state index contributed by atoms with van der Waals surface area (Å²) in [6.07, 6.45) is 3.39. The van der Waals surface area contributed by atoms with Crippen molar-refractivity contribution >= 4 is 17.7 Å². The number of nitrogens with one attached hydrogen (secondary N) is 1. The van der Waals surface area contributed by atoms with Crippen molar-refractivity contribution in [1.82, 2.24) is 9.88 Å². The molecule has 1 aromatic rings. The Balaban J connectivity index is 1.39. The molecule has 1 fully saturated rings. The number of likely N-dealkylation sites (tertiary alicyclic amines) is 1. The number of pyridine rings is 1. The van der Waals surface area contributed by atoms with E-state index in [1.165, 1.54) is 5.56 Å². The Morgan fingerprint density at radius 2 is 2.00 bits per heavy atom. The van der Waals surface area contributed by atoms with Crippen molar-refractivity contribution < 1.29 is 24.9 Å². The van der Waals surface area contributed by atoms with Gasteiger partial charge in [0.05, 0.1) is 0 Å². The summed E-state index contributed by atoms with van der Waals surface area (Å²) >= 11 is 0. The molecule has 0 bridgehead atoms. The van der Waals surface area contributed by atoms with E-state index in [1.807, 2.05) is 0 Å². The van der Waals surface area contributed by atoms with Gasteiger partial charge in [0.15, 0.2) is 6.10 Å². The Morgan fingerprint density at radius 3 is 2.71 bits per heavy atom. The number of carbonyl (C=O) groups is 2. The number of carboxylic acid groups (broad SMARTS) is 1. The summed E-state index contributed by atoms with van der Waals surface area (Å²) in [5.74, 6) is -0.440. The number of nitrogens with zero attached hydrogens (tertiary/aromatic N) is 2. The maximum atomic E-state index is 12.4. The number of hydrogen-bond acceptors (Lipinski definition) is 6. The van der Waals surface area contributed by atoms with E-state index in [2.05, 4.69) is 22.4 Å². The molecule has 0 radical (unpaired) electrons. The zero-order valence-electron chi connectivity index (χ0n) is 16.1. The van der Waals surface area contributed by atoms with Crippen LogP contribution < -0.4 is 5.32 Å². The lowest BCUT2D eigenvalue weighted by atomic mass is 9.86. The van der Waals surface area contributed by atoms with Gasteiger partial charge in [-0.3, -0.25) is 4.79 Å². The highest BCUT2D eigenvalue weighted by Crippen LogP contribution is 2.27. The average Bonchev–Trinajstić information content (AvgIpc) is 2.70. The second kappa shape index (κ2) is 8.87. The number of aliphatic hydroxyl groups is 2. The second-order valence-corrected chi connectivity index (χ2v) is 7.77. The van der Waals surface area contributed by atoms with Crippen molar-refractivity contribution in [1.29, 1.82) is 0 Å². The van der Waals surface area contributed by atoms with Crippen LogP contribution in [-0.2, 0) is 22.4 Å². The summed E-state index contributed by atoms with van der Waals surface area (Å²) in [6, 6.07) is 4.20. The number of piperidine rings is 1. The van der Waals surface area contributed by atoms with Crippen LogP contribution in [0.15, 0.2) is 12.1 Å². The van der Waals surface area contributed by atoms with E-state index in [-0.39, 0.29) is 31.8 Å². The van der Waals surface area contributed by atoms with Crippen LogP contribution in [0.5, 0.6) is 0 Å². The molecule has 1 aromatic heterocycles. The quantitative estimate of drug-likeness (QED) is 0.510. The van der Waals surface area contributed by atoms with Crippen LogP contribution in [0, 0.1) is 0 Å². The Morgan fingerprint density at radius 1 is 1.25 bits per heavy atom. The summed E-state index contributed by atoms with van der Waals surface area (Å²) in [6.45, 7) is 1.49. The highest BCUT2D eigenvalue weighted by atomic mass is 16.4. The SMILES string of the molecule is O=C(O)C(O)C1(O)CCN(C(=O)CCCCc2ccc3c(n2)NCCC3)CC1. The van der Waals surface area contributed by atoms with Crippen molar-refractivity contribution in [3.05, 3.63) is 23.4 Å². The Kier molecular flexibility index (Phi) is 6.51. The maximum Gasteiger partial charge on any atom is 0.335 e. The van der Waals surface area contributed by atoms with E-state index < -0.39 is 17.7 Å². The summed E-state index contributed by atoms with van der Waals surface area (Å²) in [4.78, 5) is 29.5. The van der Waals surface area contributed by atoms with Gasteiger partial charge < -0.3 is 25.5 Å². The Bertz CT molecular complexity index is 716. The normalized spacial score (nSPS) is 19.4. The van der Waals surface area contributed by atoms with Crippen LogP contribution in [0.3, 0.4) is 0 Å². The number of aliphatic carboxylic acids is 1. The molecular weight excluding hydrogens is 362 g/mol. The predicted octanol–water partition coefficient (Wildman–Crippen LogP) is 0.951. The van der Waals surface area contributed by atoms with E-state index in [4.69, 9.17) is 5.11 Å². The zero-order valence-corrected chi connectivity index (χ0v) is 16.1. The van der Waals surface area contributed by atoms with Gasteiger partial charge in [-0.2, -0.15) is 0 Å². The largest absolute Gasteiger partial charge is 0.479 e. The van der Waals surface area contributed by atoms with E-state index in [0.29, 0.717) is 6.42 Å². The minimum absolute atomic E-state index is 0.00642. The molecule has 2 aliphatic rings. The molecule has 1 saturated heterocycles. The first-order chi connectivity index (χ1) is 13.4. The number of carbonyl (C=O) groups excluding carboxylic acids is 1. The third kappa shape index (κ3) is 4.80. The number of hydrogen-bond donors (Lipinski definition) is 4. The molecule has 154 valence electrons. The summed E-state index contributed by atoms with van der Waals surface area (Å²) in [5, 5.41) is 32.1. The molecule has 1 atom stereocenters. The molecule has 0 saturated carbocycles. The molecule has 8 heteroatoms. The van der Waals surface area contributed by atoms with Crippen molar-refractivity contribution in [2.75, 3.05) is 25.0 Å². The first-order valence-corrected chi connectivity index (χ1v) is 10.0. The average molecular weight is 391 g/mol. The minimum atomic E-state index is -1.82. The van der Waals surface area contributed by atoms with Crippen LogP contribution in [0.2, 0.25) is 0 Å². The molecule has 1 amide bonds. The van der Waals surface area contributed by atoms with Crippen LogP contribution >= 0.6 is 0 Å². The summed E-state index contributed by atoms with van der Waals surface area (Å²) < 4.78 is 0. The van der Waals surface area contributed by atoms with Gasteiger partial charge in [0.1, 0.15) is 11.4 Å². The molecule has 28 heavy (non-hydrogen) atoms. The first-order valence-electron chi connectivity index (χ1n) is 10.0. The van der Waals surface area contributed by atoms with Gasteiger partial charge in [0, 0.05) is 31.7 Å². The molecule has 4 N–H and O–H groups in total. The second-order valence-electron chi connectivity index (χ2n) is 7.77. The number of aryl methyl sites for hydroxylation is 2. The molecule has 3 rings (SSSR count). The molecule has 8 nitrogen and oxygen atoms in total. The Labute approximate surface area is 164 Å². The zero-order chi connectivity index (χ0) is 20.1. The molecule has 2 aliphatic heterocycles. The van der Waals surface area contributed by atoms with Crippen LogP contribution in [0.25, 0.3) is 0 Å². The molecule has 3 heterocycles. The number of unbranched alkanes of at least 4 members (excludes halogenated alkanes) is 1. The van der Waals surface area contributed by atoms with Gasteiger partial charge >= 0.3 is 5.97 Å². The van der Waals surface area contributed by atoms with Crippen LogP contribution in [-0.4, -0.2) is 68.4 Å². The number of aliphatic hydroxyl groups excluding tert-OH is 1. The van der Waals surface area contributed by atoms with Crippen LogP contribution in [0.1, 0.15) is 49.8 Å². The van der Waals surface area contributed by atoms with Gasteiger partial charge in [-0.1, -0.05) is 6.07 Å². The van der Waals surface area contributed by atoms with E-state index in [9.17, 15) is 19.8 Å². The van der Waals surface area contributed by atoms with Gasteiger partial charge in [-0.05, 0) is 56.6 Å². The number of amides is 1. The van der Waals surface area contributed by atoms with E-state index in [0.717, 1.165) is 50.2 Å². The number of aromatic nitrogens is 1. The molecule has 1 unspecified atom stereocenters. The lowest BCUT2D eigenvalue weighted by Crippen LogP contribution is -2.55. The fourth-order valence-electron chi connectivity index (χ4n) is 3.90. The highest BCUT2D eigenvalue weighted by molar-refractivity contribution is 5.76. The lowest BCUT2D eigenvalue weighted by Gasteiger charge is -2.39. The molecule has 0 aliphatic carbocycles. The van der Waals surface area contributed by atoms with Gasteiger partial charge in [0.25, 0.3) is 0 Å². The Hall–Kier alpha value is -2.19. The predicted molar refractivity (Wildman–Crippen MR) is 103 cm³/mol. The van der Waals surface area contributed by atoms with Gasteiger partial charge in [0.2, 0.25) is 5.91 Å². The number of anilines is 1. The van der Waals surface area contributed by atoms with Crippen molar-refractivity contribution in [3.8, 4) is 0 Å². The maximum absolute atomic E-state index is 12.4. The fourth-order valence-corrected chi connectivity index (χ4v) is 3.90. The topological polar surface area (TPSA) is 123 Å². The van der Waals surface area contributed by atoms with Crippen LogP contribution in [0.4, 0.5) is 5.82 Å². The number of rotatable bonds is 7. The highest BCUT2D eigenvalue weighted by Gasteiger charge is 2.43. The number of fused-ring (bicyclic) bond motifs is 1.